The van der Waals surface area contributed by atoms with Crippen LogP contribution in [0, 0.1) is 23.2 Å². The molecule has 0 saturated heterocycles. The van der Waals surface area contributed by atoms with Gasteiger partial charge in [0.25, 0.3) is 0 Å². The zero-order valence-electron chi connectivity index (χ0n) is 13.8. The van der Waals surface area contributed by atoms with E-state index in [0.29, 0.717) is 5.41 Å². The van der Waals surface area contributed by atoms with Gasteiger partial charge in [-0.05, 0) is 68.4 Å². The van der Waals surface area contributed by atoms with Crippen molar-refractivity contribution in [3.05, 3.63) is 0 Å². The summed E-state index contributed by atoms with van der Waals surface area (Å²) in [6.45, 7) is 12.7. The average Bonchev–Trinajstić information content (AvgIpc) is 2.31. The summed E-state index contributed by atoms with van der Waals surface area (Å²) in [5.74, 6) is 2.52. The zero-order valence-corrected chi connectivity index (χ0v) is 13.8. The van der Waals surface area contributed by atoms with Crippen molar-refractivity contribution in [3.63, 3.8) is 0 Å². The molecule has 2 atom stereocenters. The molecule has 2 nitrogen and oxygen atoms in total. The molecule has 1 saturated carbocycles. The van der Waals surface area contributed by atoms with Gasteiger partial charge in [0.2, 0.25) is 0 Å². The monoisotopic (exact) mass is 269 g/mol. The lowest BCUT2D eigenvalue weighted by atomic mass is 9.66. The van der Waals surface area contributed by atoms with Gasteiger partial charge in [0.05, 0.1) is 0 Å². The van der Waals surface area contributed by atoms with E-state index in [-0.39, 0.29) is 0 Å². The molecule has 0 amide bonds. The van der Waals surface area contributed by atoms with Crippen LogP contribution in [0.2, 0.25) is 0 Å². The van der Waals surface area contributed by atoms with Gasteiger partial charge in [-0.1, -0.05) is 27.7 Å². The number of rotatable bonds is 8. The lowest BCUT2D eigenvalue weighted by molar-refractivity contribution is 0.0979. The van der Waals surface area contributed by atoms with Crippen LogP contribution < -0.4 is 5.32 Å². The lowest BCUT2D eigenvalue weighted by Crippen LogP contribution is -2.37. The Kier molecular flexibility index (Phi) is 7.38. The topological polar surface area (TPSA) is 21.3 Å². The largest absolute Gasteiger partial charge is 0.385 e. The van der Waals surface area contributed by atoms with Gasteiger partial charge in [-0.3, -0.25) is 0 Å². The van der Waals surface area contributed by atoms with E-state index in [1.165, 1.54) is 38.6 Å². The molecule has 19 heavy (non-hydrogen) atoms. The Labute approximate surface area is 120 Å². The highest BCUT2D eigenvalue weighted by molar-refractivity contribution is 4.86. The van der Waals surface area contributed by atoms with Gasteiger partial charge in [0.1, 0.15) is 0 Å². The third-order valence-corrected chi connectivity index (χ3v) is 4.56. The molecule has 2 heteroatoms. The predicted octanol–water partition coefficient (Wildman–Crippen LogP) is 4.10. The Morgan fingerprint density at radius 1 is 1.26 bits per heavy atom. The van der Waals surface area contributed by atoms with Crippen molar-refractivity contribution in [2.75, 3.05) is 26.8 Å². The van der Waals surface area contributed by atoms with Crippen LogP contribution in [0.5, 0.6) is 0 Å². The minimum absolute atomic E-state index is 0.548. The number of ether oxygens (including phenoxy) is 1. The Hall–Kier alpha value is -0.0800. The summed E-state index contributed by atoms with van der Waals surface area (Å²) >= 11 is 0. The fraction of sp³-hybridized carbons (Fsp3) is 1.00. The molecule has 0 aliphatic heterocycles. The van der Waals surface area contributed by atoms with Crippen LogP contribution in [-0.4, -0.2) is 26.8 Å². The van der Waals surface area contributed by atoms with E-state index in [1.807, 2.05) is 7.11 Å². The maximum absolute atomic E-state index is 5.22. The number of hydrogen-bond acceptors (Lipinski definition) is 2. The highest BCUT2D eigenvalue weighted by Gasteiger charge is 2.34. The van der Waals surface area contributed by atoms with Crippen LogP contribution in [0.25, 0.3) is 0 Å². The molecule has 0 aromatic carbocycles. The Morgan fingerprint density at radius 3 is 2.63 bits per heavy atom. The summed E-state index contributed by atoms with van der Waals surface area (Å²) < 4.78 is 5.22. The molecule has 1 N–H and O–H groups in total. The van der Waals surface area contributed by atoms with E-state index in [1.54, 1.807) is 0 Å². The first kappa shape index (κ1) is 17.0. The molecular formula is C17H35NO. The second-order valence-corrected chi connectivity index (χ2v) is 7.61. The summed E-state index contributed by atoms with van der Waals surface area (Å²) in [6, 6.07) is 0. The SMILES string of the molecule is COCCCC1CC(C)(C)CCC1CNCC(C)C. The van der Waals surface area contributed by atoms with Gasteiger partial charge in [-0.25, -0.2) is 0 Å². The maximum Gasteiger partial charge on any atom is 0.0462 e. The lowest BCUT2D eigenvalue weighted by Gasteiger charge is -2.41. The molecule has 114 valence electrons. The molecular weight excluding hydrogens is 234 g/mol. The fourth-order valence-corrected chi connectivity index (χ4v) is 3.44. The van der Waals surface area contributed by atoms with E-state index in [9.17, 15) is 0 Å². The second-order valence-electron chi connectivity index (χ2n) is 7.61. The van der Waals surface area contributed by atoms with E-state index in [4.69, 9.17) is 4.74 Å². The molecule has 1 fully saturated rings. The fourth-order valence-electron chi connectivity index (χ4n) is 3.44. The Bertz CT molecular complexity index is 237. The molecule has 0 spiro atoms. The van der Waals surface area contributed by atoms with Gasteiger partial charge in [0.15, 0.2) is 0 Å². The van der Waals surface area contributed by atoms with Crippen molar-refractivity contribution >= 4 is 0 Å². The van der Waals surface area contributed by atoms with Crippen LogP contribution in [0.15, 0.2) is 0 Å². The van der Waals surface area contributed by atoms with E-state index in [2.05, 4.69) is 33.0 Å². The quantitative estimate of drug-likeness (QED) is 0.670. The average molecular weight is 269 g/mol. The second kappa shape index (κ2) is 8.26. The minimum Gasteiger partial charge on any atom is -0.385 e. The molecule has 1 aliphatic rings. The van der Waals surface area contributed by atoms with Crippen molar-refractivity contribution in [1.29, 1.82) is 0 Å². The highest BCUT2D eigenvalue weighted by atomic mass is 16.5. The third kappa shape index (κ3) is 6.76. The highest BCUT2D eigenvalue weighted by Crippen LogP contribution is 2.43. The van der Waals surface area contributed by atoms with Gasteiger partial charge in [-0.2, -0.15) is 0 Å². The number of hydrogen-bond donors (Lipinski definition) is 1. The number of methoxy groups -OCH3 is 1. The van der Waals surface area contributed by atoms with Gasteiger partial charge >= 0.3 is 0 Å². The Morgan fingerprint density at radius 2 is 2.00 bits per heavy atom. The molecule has 0 heterocycles. The van der Waals surface area contributed by atoms with Gasteiger partial charge < -0.3 is 10.1 Å². The van der Waals surface area contributed by atoms with Crippen LogP contribution in [0.3, 0.4) is 0 Å². The molecule has 0 aromatic rings. The standard InChI is InChI=1S/C17H35NO/c1-14(2)12-18-13-16-8-9-17(3,4)11-15(16)7-6-10-19-5/h14-16,18H,6-13H2,1-5H3. The summed E-state index contributed by atoms with van der Waals surface area (Å²) in [7, 11) is 1.81. The van der Waals surface area contributed by atoms with Crippen LogP contribution in [0.1, 0.15) is 59.8 Å². The first-order chi connectivity index (χ1) is 8.94. The molecule has 1 rings (SSSR count). The molecule has 0 bridgehead atoms. The summed E-state index contributed by atoms with van der Waals surface area (Å²) in [5, 5.41) is 3.67. The van der Waals surface area contributed by atoms with Crippen LogP contribution in [0.4, 0.5) is 0 Å². The maximum atomic E-state index is 5.22. The molecule has 2 unspecified atom stereocenters. The van der Waals surface area contributed by atoms with Gasteiger partial charge in [0, 0.05) is 13.7 Å². The Balaban J connectivity index is 2.41. The van der Waals surface area contributed by atoms with Crippen LogP contribution >= 0.6 is 0 Å². The van der Waals surface area contributed by atoms with Crippen molar-refractivity contribution in [2.45, 2.75) is 59.8 Å². The molecule has 1 aliphatic carbocycles. The van der Waals surface area contributed by atoms with E-state index < -0.39 is 0 Å². The van der Waals surface area contributed by atoms with Crippen molar-refractivity contribution < 1.29 is 4.74 Å². The first-order valence-electron chi connectivity index (χ1n) is 8.14. The van der Waals surface area contributed by atoms with Crippen molar-refractivity contribution in [1.82, 2.24) is 5.32 Å². The van der Waals surface area contributed by atoms with Crippen LogP contribution in [-0.2, 0) is 4.74 Å². The van der Waals surface area contributed by atoms with Crippen molar-refractivity contribution in [2.24, 2.45) is 23.2 Å². The van der Waals surface area contributed by atoms with Gasteiger partial charge in [-0.15, -0.1) is 0 Å². The summed E-state index contributed by atoms with van der Waals surface area (Å²) in [6.07, 6.45) is 6.74. The summed E-state index contributed by atoms with van der Waals surface area (Å²) in [5.41, 5.74) is 0.548. The van der Waals surface area contributed by atoms with E-state index >= 15 is 0 Å². The number of nitrogens with one attached hydrogen (secondary N) is 1. The smallest absolute Gasteiger partial charge is 0.0462 e. The first-order valence-corrected chi connectivity index (χ1v) is 8.14. The zero-order chi connectivity index (χ0) is 14.3. The summed E-state index contributed by atoms with van der Waals surface area (Å²) in [4.78, 5) is 0. The van der Waals surface area contributed by atoms with E-state index in [0.717, 1.165) is 30.9 Å². The third-order valence-electron chi connectivity index (χ3n) is 4.56. The normalized spacial score (nSPS) is 26.8. The molecule has 0 aromatic heterocycles. The van der Waals surface area contributed by atoms with Crippen molar-refractivity contribution in [3.8, 4) is 0 Å². The predicted molar refractivity (Wildman–Crippen MR) is 83.4 cm³/mol. The minimum atomic E-state index is 0.548. The molecule has 0 radical (unpaired) electrons.